The molecule has 0 aliphatic heterocycles. The van der Waals surface area contributed by atoms with Crippen molar-refractivity contribution in [1.82, 2.24) is 10.2 Å². The van der Waals surface area contributed by atoms with Gasteiger partial charge in [-0.15, -0.1) is 10.2 Å². The Hall–Kier alpha value is -1.69. The largest absolute Gasteiger partial charge is 0.461 e. The molecule has 6 heteroatoms. The highest BCUT2D eigenvalue weighted by atomic mass is 16.5. The predicted octanol–water partition coefficient (Wildman–Crippen LogP) is 0.0818. The van der Waals surface area contributed by atoms with Crippen molar-refractivity contribution in [3.05, 3.63) is 17.8 Å². The first-order valence-electron chi connectivity index (χ1n) is 5.02. The number of carbonyl (C=O) groups is 1. The van der Waals surface area contributed by atoms with Gasteiger partial charge >= 0.3 is 5.97 Å². The van der Waals surface area contributed by atoms with Gasteiger partial charge in [0, 0.05) is 13.6 Å². The number of likely N-dealkylation sites (N-methyl/N-ethyl adjacent to an activating group) is 1. The molecule has 6 nitrogen and oxygen atoms in total. The van der Waals surface area contributed by atoms with Gasteiger partial charge in [0.15, 0.2) is 11.5 Å². The second-order valence-corrected chi connectivity index (χ2v) is 3.14. The van der Waals surface area contributed by atoms with Crippen LogP contribution in [0.4, 0.5) is 5.82 Å². The highest BCUT2D eigenvalue weighted by molar-refractivity contribution is 5.87. The summed E-state index contributed by atoms with van der Waals surface area (Å²) in [6.45, 7) is 2.55. The van der Waals surface area contributed by atoms with Crippen LogP contribution in [0.3, 0.4) is 0 Å². The lowest BCUT2D eigenvalue weighted by atomic mass is 10.4. The van der Waals surface area contributed by atoms with Crippen LogP contribution in [0.15, 0.2) is 12.1 Å². The topological polar surface area (TPSA) is 75.5 Å². The van der Waals surface area contributed by atoms with Crippen molar-refractivity contribution in [3.8, 4) is 0 Å². The van der Waals surface area contributed by atoms with E-state index in [4.69, 9.17) is 9.84 Å². The minimum atomic E-state index is -0.480. The molecule has 16 heavy (non-hydrogen) atoms. The van der Waals surface area contributed by atoms with Crippen LogP contribution in [0.25, 0.3) is 0 Å². The molecule has 0 aliphatic rings. The van der Waals surface area contributed by atoms with Gasteiger partial charge in [-0.05, 0) is 19.1 Å². The molecule has 0 fully saturated rings. The lowest BCUT2D eigenvalue weighted by Gasteiger charge is -2.15. The first-order valence-corrected chi connectivity index (χ1v) is 5.02. The summed E-state index contributed by atoms with van der Waals surface area (Å²) < 4.78 is 4.78. The van der Waals surface area contributed by atoms with Crippen molar-refractivity contribution in [2.45, 2.75) is 6.92 Å². The van der Waals surface area contributed by atoms with E-state index in [1.807, 2.05) is 0 Å². The van der Waals surface area contributed by atoms with Crippen molar-refractivity contribution in [2.24, 2.45) is 0 Å². The molecule has 0 aliphatic carbocycles. The maximum absolute atomic E-state index is 11.3. The summed E-state index contributed by atoms with van der Waals surface area (Å²) in [5, 5.41) is 16.4. The number of carbonyl (C=O) groups excluding carboxylic acids is 1. The molecule has 1 aromatic heterocycles. The third-order valence-corrected chi connectivity index (χ3v) is 1.96. The molecule has 0 unspecified atom stereocenters. The van der Waals surface area contributed by atoms with Crippen LogP contribution in [0, 0.1) is 0 Å². The number of esters is 1. The van der Waals surface area contributed by atoms with E-state index >= 15 is 0 Å². The molecule has 0 atom stereocenters. The quantitative estimate of drug-likeness (QED) is 0.715. The lowest BCUT2D eigenvalue weighted by Crippen LogP contribution is -2.23. The molecule has 0 bridgehead atoms. The van der Waals surface area contributed by atoms with Crippen LogP contribution in [0.5, 0.6) is 0 Å². The number of hydrogen-bond acceptors (Lipinski definition) is 6. The van der Waals surface area contributed by atoms with Crippen LogP contribution in [0.1, 0.15) is 17.4 Å². The number of aliphatic hydroxyl groups is 1. The highest BCUT2D eigenvalue weighted by Crippen LogP contribution is 2.07. The average Bonchev–Trinajstić information content (AvgIpc) is 2.30. The SMILES string of the molecule is CCOC(=O)c1ccc(N(C)CCO)nn1. The molecular formula is C10H15N3O3. The van der Waals surface area contributed by atoms with Gasteiger partial charge in [0.2, 0.25) is 0 Å². The maximum Gasteiger partial charge on any atom is 0.358 e. The van der Waals surface area contributed by atoms with Crippen LogP contribution in [-0.2, 0) is 4.74 Å². The molecule has 0 saturated heterocycles. The number of aliphatic hydroxyl groups excluding tert-OH is 1. The summed E-state index contributed by atoms with van der Waals surface area (Å²) >= 11 is 0. The average molecular weight is 225 g/mol. The zero-order valence-corrected chi connectivity index (χ0v) is 9.38. The highest BCUT2D eigenvalue weighted by Gasteiger charge is 2.09. The van der Waals surface area contributed by atoms with Gasteiger partial charge in [-0.25, -0.2) is 4.79 Å². The fraction of sp³-hybridized carbons (Fsp3) is 0.500. The molecule has 0 radical (unpaired) electrons. The molecular weight excluding hydrogens is 210 g/mol. The van der Waals surface area contributed by atoms with Crippen LogP contribution in [-0.4, -0.2) is 48.1 Å². The monoisotopic (exact) mass is 225 g/mol. The van der Waals surface area contributed by atoms with E-state index in [2.05, 4.69) is 10.2 Å². The normalized spacial score (nSPS) is 9.94. The summed E-state index contributed by atoms with van der Waals surface area (Å²) in [4.78, 5) is 13.0. The standard InChI is InChI=1S/C10H15N3O3/c1-3-16-10(15)8-4-5-9(12-11-8)13(2)6-7-14/h4-5,14H,3,6-7H2,1-2H3. The first kappa shape index (κ1) is 12.4. The maximum atomic E-state index is 11.3. The Labute approximate surface area is 93.9 Å². The second kappa shape index (κ2) is 6.02. The predicted molar refractivity (Wildman–Crippen MR) is 58.3 cm³/mol. The van der Waals surface area contributed by atoms with Crippen LogP contribution >= 0.6 is 0 Å². The molecule has 1 aromatic rings. The first-order chi connectivity index (χ1) is 7.69. The van der Waals surface area contributed by atoms with Crippen molar-refractivity contribution >= 4 is 11.8 Å². The Kier molecular flexibility index (Phi) is 4.65. The van der Waals surface area contributed by atoms with Crippen LogP contribution in [0.2, 0.25) is 0 Å². The van der Waals surface area contributed by atoms with Gasteiger partial charge < -0.3 is 14.7 Å². The van der Waals surface area contributed by atoms with Gasteiger partial charge in [-0.1, -0.05) is 0 Å². The molecule has 1 N–H and O–H groups in total. The van der Waals surface area contributed by atoms with E-state index in [-0.39, 0.29) is 12.3 Å². The van der Waals surface area contributed by atoms with E-state index in [1.165, 1.54) is 0 Å². The molecule has 88 valence electrons. The summed E-state index contributed by atoms with van der Waals surface area (Å²) in [6, 6.07) is 3.21. The summed E-state index contributed by atoms with van der Waals surface area (Å²) in [5.74, 6) is 0.119. The van der Waals surface area contributed by atoms with E-state index in [0.717, 1.165) is 0 Å². The van der Waals surface area contributed by atoms with Gasteiger partial charge in [0.05, 0.1) is 13.2 Å². The fourth-order valence-corrected chi connectivity index (χ4v) is 1.11. The number of rotatable bonds is 5. The zero-order chi connectivity index (χ0) is 12.0. The van der Waals surface area contributed by atoms with E-state index in [9.17, 15) is 4.79 Å². The summed E-state index contributed by atoms with van der Waals surface area (Å²) in [5.41, 5.74) is 0.183. The van der Waals surface area contributed by atoms with Crippen molar-refractivity contribution in [3.63, 3.8) is 0 Å². The van der Waals surface area contributed by atoms with Crippen molar-refractivity contribution in [2.75, 3.05) is 31.7 Å². The molecule has 1 heterocycles. The third kappa shape index (κ3) is 3.16. The van der Waals surface area contributed by atoms with Gasteiger partial charge in [-0.2, -0.15) is 0 Å². The third-order valence-electron chi connectivity index (χ3n) is 1.96. The van der Waals surface area contributed by atoms with Crippen molar-refractivity contribution in [1.29, 1.82) is 0 Å². The Bertz CT molecular complexity index is 340. The number of aromatic nitrogens is 2. The Balaban J connectivity index is 2.71. The van der Waals surface area contributed by atoms with E-state index in [0.29, 0.717) is 19.0 Å². The fourth-order valence-electron chi connectivity index (χ4n) is 1.11. The Morgan fingerprint density at radius 2 is 2.25 bits per heavy atom. The van der Waals surface area contributed by atoms with E-state index in [1.54, 1.807) is 31.0 Å². The number of ether oxygens (including phenoxy) is 1. The van der Waals surface area contributed by atoms with Crippen LogP contribution < -0.4 is 4.90 Å². The number of anilines is 1. The van der Waals surface area contributed by atoms with Gasteiger partial charge in [0.25, 0.3) is 0 Å². The number of nitrogens with zero attached hydrogens (tertiary/aromatic N) is 3. The molecule has 0 spiro atoms. The molecule has 0 saturated carbocycles. The zero-order valence-electron chi connectivity index (χ0n) is 9.38. The molecule has 1 rings (SSSR count). The summed E-state index contributed by atoms with van der Waals surface area (Å²) in [7, 11) is 1.78. The molecule has 0 aromatic carbocycles. The van der Waals surface area contributed by atoms with Gasteiger partial charge in [0.1, 0.15) is 0 Å². The lowest BCUT2D eigenvalue weighted by molar-refractivity contribution is 0.0518. The summed E-state index contributed by atoms with van der Waals surface area (Å²) in [6.07, 6.45) is 0. The second-order valence-electron chi connectivity index (χ2n) is 3.14. The van der Waals surface area contributed by atoms with Crippen molar-refractivity contribution < 1.29 is 14.6 Å². The number of hydrogen-bond donors (Lipinski definition) is 1. The minimum Gasteiger partial charge on any atom is -0.461 e. The van der Waals surface area contributed by atoms with Gasteiger partial charge in [-0.3, -0.25) is 0 Å². The Morgan fingerprint density at radius 1 is 1.50 bits per heavy atom. The smallest absolute Gasteiger partial charge is 0.358 e. The minimum absolute atomic E-state index is 0.0395. The molecule has 0 amide bonds. The van der Waals surface area contributed by atoms with E-state index < -0.39 is 5.97 Å². The Morgan fingerprint density at radius 3 is 2.75 bits per heavy atom.